The number of benzene rings is 8. The summed E-state index contributed by atoms with van der Waals surface area (Å²) < 4.78 is 15.9. The predicted molar refractivity (Wildman–Crippen MR) is 219 cm³/mol. The van der Waals surface area contributed by atoms with Crippen molar-refractivity contribution in [3.63, 3.8) is 0 Å². The molecule has 0 spiro atoms. The molecule has 244 valence electrons. The van der Waals surface area contributed by atoms with Crippen LogP contribution in [-0.2, 0) is 0 Å². The number of thiophene rings is 1. The number of fused-ring (bicyclic) bond motifs is 9. The summed E-state index contributed by atoms with van der Waals surface area (Å²) in [4.78, 5) is 2.40. The van der Waals surface area contributed by atoms with Crippen molar-refractivity contribution in [2.24, 2.45) is 0 Å². The molecular weight excluding hydrogens is 655 g/mol. The quantitative estimate of drug-likeness (QED) is 0.181. The lowest BCUT2D eigenvalue weighted by Crippen LogP contribution is -2.10. The van der Waals surface area contributed by atoms with Crippen molar-refractivity contribution in [3.05, 3.63) is 176 Å². The van der Waals surface area contributed by atoms with Crippen molar-refractivity contribution in [3.8, 4) is 22.3 Å². The zero-order chi connectivity index (χ0) is 34.2. The van der Waals surface area contributed by atoms with Gasteiger partial charge in [0.15, 0.2) is 0 Å². The molecule has 11 rings (SSSR count). The van der Waals surface area contributed by atoms with Crippen LogP contribution in [0, 0.1) is 0 Å². The van der Waals surface area contributed by atoms with Crippen LogP contribution in [0.1, 0.15) is 0 Å². The highest BCUT2D eigenvalue weighted by Gasteiger charge is 2.25. The molecule has 4 heteroatoms. The van der Waals surface area contributed by atoms with Crippen molar-refractivity contribution in [1.29, 1.82) is 0 Å². The third-order valence-corrected chi connectivity index (χ3v) is 11.5. The Balaban J connectivity index is 1.24. The lowest BCUT2D eigenvalue weighted by molar-refractivity contribution is 0.669. The first kappa shape index (κ1) is 29.1. The van der Waals surface area contributed by atoms with E-state index in [4.69, 9.17) is 8.83 Å². The van der Waals surface area contributed by atoms with E-state index < -0.39 is 0 Å². The average Bonchev–Trinajstić information content (AvgIpc) is 3.90. The normalized spacial score (nSPS) is 11.8. The molecule has 0 amide bonds. The van der Waals surface area contributed by atoms with Gasteiger partial charge in [0, 0.05) is 48.9 Å². The SMILES string of the molecule is c1ccc(-c2ccc3c(c2)oc2c(-c4ccccc4)ccc(N(c4ccc5c(c4)oc4ccccc45)c4cccc5c4sc4ccccc45)c23)cc1. The zero-order valence-electron chi connectivity index (χ0n) is 27.9. The molecule has 0 aliphatic carbocycles. The molecule has 0 fully saturated rings. The third-order valence-electron chi connectivity index (χ3n) is 10.3. The van der Waals surface area contributed by atoms with Gasteiger partial charge in [-0.2, -0.15) is 0 Å². The van der Waals surface area contributed by atoms with Gasteiger partial charge >= 0.3 is 0 Å². The maximum absolute atomic E-state index is 6.97. The van der Waals surface area contributed by atoms with Crippen LogP contribution in [0.5, 0.6) is 0 Å². The molecule has 0 aliphatic rings. The second-order valence-corrected chi connectivity index (χ2v) is 14.3. The Bertz CT molecular complexity index is 3130. The highest BCUT2D eigenvalue weighted by atomic mass is 32.1. The van der Waals surface area contributed by atoms with Crippen molar-refractivity contribution in [2.75, 3.05) is 4.90 Å². The maximum atomic E-state index is 6.97. The van der Waals surface area contributed by atoms with E-state index in [1.807, 2.05) is 23.5 Å². The lowest BCUT2D eigenvalue weighted by atomic mass is 9.98. The van der Waals surface area contributed by atoms with E-state index >= 15 is 0 Å². The predicted octanol–water partition coefficient (Wildman–Crippen LogP) is 14.7. The summed E-state index contributed by atoms with van der Waals surface area (Å²) in [5, 5.41) is 6.87. The van der Waals surface area contributed by atoms with Crippen LogP contribution >= 0.6 is 11.3 Å². The van der Waals surface area contributed by atoms with Gasteiger partial charge in [-0.05, 0) is 71.3 Å². The summed E-state index contributed by atoms with van der Waals surface area (Å²) >= 11 is 1.84. The topological polar surface area (TPSA) is 29.5 Å². The molecule has 0 bridgehead atoms. The van der Waals surface area contributed by atoms with Crippen LogP contribution in [-0.4, -0.2) is 0 Å². The minimum Gasteiger partial charge on any atom is -0.456 e. The van der Waals surface area contributed by atoms with Gasteiger partial charge in [0.2, 0.25) is 0 Å². The van der Waals surface area contributed by atoms with E-state index in [-0.39, 0.29) is 0 Å². The number of hydrogen-bond donors (Lipinski definition) is 0. The molecule has 0 atom stereocenters. The highest BCUT2D eigenvalue weighted by Crippen LogP contribution is 2.50. The van der Waals surface area contributed by atoms with E-state index in [1.54, 1.807) is 0 Å². The summed E-state index contributed by atoms with van der Waals surface area (Å²) in [5.41, 5.74) is 11.1. The minimum absolute atomic E-state index is 0.855. The second-order valence-electron chi connectivity index (χ2n) is 13.2. The number of para-hydroxylation sites is 1. The monoisotopic (exact) mass is 683 g/mol. The first-order valence-corrected chi connectivity index (χ1v) is 18.3. The van der Waals surface area contributed by atoms with Crippen molar-refractivity contribution in [2.45, 2.75) is 0 Å². The number of hydrogen-bond acceptors (Lipinski definition) is 4. The zero-order valence-corrected chi connectivity index (χ0v) is 28.7. The molecule has 0 radical (unpaired) electrons. The van der Waals surface area contributed by atoms with Crippen molar-refractivity contribution < 1.29 is 8.83 Å². The summed E-state index contributed by atoms with van der Waals surface area (Å²) in [7, 11) is 0. The maximum Gasteiger partial charge on any atom is 0.145 e. The van der Waals surface area contributed by atoms with Crippen LogP contribution in [0.4, 0.5) is 17.1 Å². The van der Waals surface area contributed by atoms with Gasteiger partial charge < -0.3 is 13.7 Å². The number of anilines is 3. The average molecular weight is 684 g/mol. The molecule has 8 aromatic carbocycles. The molecule has 0 unspecified atom stereocenters. The molecule has 0 aliphatic heterocycles. The van der Waals surface area contributed by atoms with Gasteiger partial charge in [-0.3, -0.25) is 0 Å². The summed E-state index contributed by atoms with van der Waals surface area (Å²) in [6, 6.07) is 62.4. The van der Waals surface area contributed by atoms with Crippen LogP contribution in [0.3, 0.4) is 0 Å². The Morgan fingerprint density at radius 3 is 1.96 bits per heavy atom. The van der Waals surface area contributed by atoms with Crippen LogP contribution < -0.4 is 4.90 Å². The van der Waals surface area contributed by atoms with Gasteiger partial charge in [-0.15, -0.1) is 11.3 Å². The molecule has 0 N–H and O–H groups in total. The smallest absolute Gasteiger partial charge is 0.145 e. The van der Waals surface area contributed by atoms with E-state index in [9.17, 15) is 0 Å². The van der Waals surface area contributed by atoms with E-state index in [2.05, 4.69) is 169 Å². The summed E-state index contributed by atoms with van der Waals surface area (Å²) in [5.74, 6) is 0. The molecular formula is C48H29NO2S. The lowest BCUT2D eigenvalue weighted by Gasteiger charge is -2.27. The van der Waals surface area contributed by atoms with E-state index in [1.165, 1.54) is 20.2 Å². The molecule has 3 heterocycles. The largest absolute Gasteiger partial charge is 0.456 e. The Morgan fingerprint density at radius 1 is 0.404 bits per heavy atom. The van der Waals surface area contributed by atoms with Crippen molar-refractivity contribution in [1.82, 2.24) is 0 Å². The molecule has 52 heavy (non-hydrogen) atoms. The Kier molecular flexibility index (Phi) is 6.42. The van der Waals surface area contributed by atoms with Gasteiger partial charge in [0.25, 0.3) is 0 Å². The number of nitrogens with zero attached hydrogens (tertiary/aromatic N) is 1. The standard InChI is InChI=1S/C48H29NO2S/c1-3-12-30(13-4-1)32-22-24-39-43(28-32)51-47-34(31-14-5-2-6-15-31)26-27-40(46(39)47)49(33-23-25-36-35-16-7-9-20-42(35)50-44(36)29-33)41-19-11-18-38-37-17-8-10-21-45(37)52-48(38)41/h1-29H. The highest BCUT2D eigenvalue weighted by molar-refractivity contribution is 7.26. The van der Waals surface area contributed by atoms with Gasteiger partial charge in [0.05, 0.1) is 21.5 Å². The summed E-state index contributed by atoms with van der Waals surface area (Å²) in [6.07, 6.45) is 0. The second kappa shape index (κ2) is 11.5. The van der Waals surface area contributed by atoms with Gasteiger partial charge in [-0.25, -0.2) is 0 Å². The Hall–Kier alpha value is -6.62. The minimum atomic E-state index is 0.855. The van der Waals surface area contributed by atoms with Gasteiger partial charge in [0.1, 0.15) is 22.3 Å². The third kappa shape index (κ3) is 4.45. The number of furan rings is 2. The number of rotatable bonds is 5. The van der Waals surface area contributed by atoms with E-state index in [0.29, 0.717) is 0 Å². The molecule has 3 nitrogen and oxygen atoms in total. The Morgan fingerprint density at radius 2 is 1.10 bits per heavy atom. The molecule has 0 saturated carbocycles. The molecule has 3 aromatic heterocycles. The first-order chi connectivity index (χ1) is 25.8. The fraction of sp³-hybridized carbons (Fsp3) is 0. The molecule has 0 saturated heterocycles. The van der Waals surface area contributed by atoms with Crippen LogP contribution in [0.25, 0.3) is 86.3 Å². The van der Waals surface area contributed by atoms with Crippen molar-refractivity contribution >= 4 is 92.4 Å². The Labute approximate surface area is 303 Å². The van der Waals surface area contributed by atoms with Gasteiger partial charge in [-0.1, -0.05) is 115 Å². The van der Waals surface area contributed by atoms with E-state index in [0.717, 1.165) is 83.2 Å². The fourth-order valence-electron chi connectivity index (χ4n) is 7.87. The first-order valence-electron chi connectivity index (χ1n) is 17.5. The van der Waals surface area contributed by atoms with Crippen LogP contribution in [0.2, 0.25) is 0 Å². The summed E-state index contributed by atoms with van der Waals surface area (Å²) in [6.45, 7) is 0. The molecule has 11 aromatic rings. The fourth-order valence-corrected chi connectivity index (χ4v) is 9.08. The van der Waals surface area contributed by atoms with Crippen LogP contribution in [0.15, 0.2) is 185 Å².